The van der Waals surface area contributed by atoms with Gasteiger partial charge < -0.3 is 5.32 Å². The quantitative estimate of drug-likeness (QED) is 0.582. The van der Waals surface area contributed by atoms with E-state index in [-0.39, 0.29) is 0 Å². The predicted molar refractivity (Wildman–Crippen MR) is 46.0 cm³/mol. The van der Waals surface area contributed by atoms with E-state index in [0.717, 1.165) is 19.1 Å². The van der Waals surface area contributed by atoms with Crippen LogP contribution in [0.1, 0.15) is 20.3 Å². The Morgan fingerprint density at radius 1 is 1.40 bits per heavy atom. The van der Waals surface area contributed by atoms with Gasteiger partial charge in [-0.15, -0.1) is 0 Å². The molecule has 1 N–H and O–H groups in total. The smallest absolute Gasteiger partial charge is 0.0474 e. The topological polar surface area (TPSA) is 15.3 Å². The van der Waals surface area contributed by atoms with Crippen LogP contribution in [-0.4, -0.2) is 32.2 Å². The largest absolute Gasteiger partial charge is 0.304 e. The lowest BCUT2D eigenvalue weighted by molar-refractivity contribution is 0.349. The molecule has 0 rings (SSSR count). The van der Waals surface area contributed by atoms with Crippen molar-refractivity contribution >= 4 is 0 Å². The first kappa shape index (κ1) is 9.92. The second-order valence-electron chi connectivity index (χ2n) is 3.21. The number of hydrogen-bond donors (Lipinski definition) is 1. The van der Waals surface area contributed by atoms with E-state index in [2.05, 4.69) is 38.2 Å². The molecule has 2 nitrogen and oxygen atoms in total. The van der Waals surface area contributed by atoms with Crippen LogP contribution in [-0.2, 0) is 0 Å². The zero-order valence-electron chi connectivity index (χ0n) is 7.65. The van der Waals surface area contributed by atoms with Gasteiger partial charge in [0, 0.05) is 6.67 Å². The third-order valence-corrected chi connectivity index (χ3v) is 1.62. The Balaban J connectivity index is 3.03. The molecule has 0 saturated carbocycles. The molecule has 0 aromatic rings. The van der Waals surface area contributed by atoms with Gasteiger partial charge in [0.25, 0.3) is 0 Å². The fourth-order valence-corrected chi connectivity index (χ4v) is 0.679. The van der Waals surface area contributed by atoms with Crippen LogP contribution in [0.25, 0.3) is 0 Å². The molecule has 1 unspecified atom stereocenters. The SMILES string of the molecule is CCC(C)CNCN(C)C. The molecule has 0 spiro atoms. The molecule has 0 radical (unpaired) electrons. The summed E-state index contributed by atoms with van der Waals surface area (Å²) >= 11 is 0. The van der Waals surface area contributed by atoms with E-state index >= 15 is 0 Å². The molecule has 0 amide bonds. The summed E-state index contributed by atoms with van der Waals surface area (Å²) in [5.74, 6) is 0.806. The van der Waals surface area contributed by atoms with Crippen molar-refractivity contribution < 1.29 is 0 Å². The Bertz CT molecular complexity index is 71.7. The highest BCUT2D eigenvalue weighted by Crippen LogP contribution is 1.96. The first-order valence-electron chi connectivity index (χ1n) is 4.02. The highest BCUT2D eigenvalue weighted by Gasteiger charge is 1.96. The molecule has 10 heavy (non-hydrogen) atoms. The molecule has 2 heteroatoms. The first-order valence-corrected chi connectivity index (χ1v) is 4.02. The van der Waals surface area contributed by atoms with Gasteiger partial charge in [0.2, 0.25) is 0 Å². The van der Waals surface area contributed by atoms with E-state index in [9.17, 15) is 0 Å². The summed E-state index contributed by atoms with van der Waals surface area (Å²) in [7, 11) is 4.15. The van der Waals surface area contributed by atoms with Gasteiger partial charge in [-0.2, -0.15) is 0 Å². The Morgan fingerprint density at radius 3 is 2.40 bits per heavy atom. The molecule has 0 aromatic heterocycles. The van der Waals surface area contributed by atoms with Crippen LogP contribution < -0.4 is 5.32 Å². The van der Waals surface area contributed by atoms with Gasteiger partial charge in [0.1, 0.15) is 0 Å². The van der Waals surface area contributed by atoms with Crippen molar-refractivity contribution in [2.24, 2.45) is 5.92 Å². The van der Waals surface area contributed by atoms with Crippen molar-refractivity contribution in [3.63, 3.8) is 0 Å². The van der Waals surface area contributed by atoms with Gasteiger partial charge in [0.15, 0.2) is 0 Å². The summed E-state index contributed by atoms with van der Waals surface area (Å²) in [4.78, 5) is 2.14. The minimum Gasteiger partial charge on any atom is -0.304 e. The molecule has 1 atom stereocenters. The molecule has 0 aromatic carbocycles. The van der Waals surface area contributed by atoms with Crippen molar-refractivity contribution in [1.29, 1.82) is 0 Å². The van der Waals surface area contributed by atoms with Gasteiger partial charge in [-0.25, -0.2) is 0 Å². The van der Waals surface area contributed by atoms with Crippen LogP contribution in [0.3, 0.4) is 0 Å². The molecule has 0 heterocycles. The molecular formula is C8H20N2. The van der Waals surface area contributed by atoms with E-state index in [1.54, 1.807) is 0 Å². The highest BCUT2D eigenvalue weighted by atomic mass is 15.2. The van der Waals surface area contributed by atoms with Crippen LogP contribution in [0.4, 0.5) is 0 Å². The van der Waals surface area contributed by atoms with Gasteiger partial charge in [0.05, 0.1) is 0 Å². The molecule has 0 fully saturated rings. The lowest BCUT2D eigenvalue weighted by Crippen LogP contribution is -2.31. The number of rotatable bonds is 5. The second kappa shape index (κ2) is 5.69. The lowest BCUT2D eigenvalue weighted by Gasteiger charge is -2.13. The van der Waals surface area contributed by atoms with Crippen molar-refractivity contribution in [1.82, 2.24) is 10.2 Å². The molecule has 62 valence electrons. The van der Waals surface area contributed by atoms with Crippen LogP contribution >= 0.6 is 0 Å². The fraction of sp³-hybridized carbons (Fsp3) is 1.00. The van der Waals surface area contributed by atoms with Crippen LogP contribution in [0, 0.1) is 5.92 Å². The molecule has 0 aliphatic heterocycles. The minimum absolute atomic E-state index is 0.806. The Hall–Kier alpha value is -0.0800. The summed E-state index contributed by atoms with van der Waals surface area (Å²) in [5, 5.41) is 3.36. The van der Waals surface area contributed by atoms with Crippen molar-refractivity contribution in [3.05, 3.63) is 0 Å². The summed E-state index contributed by atoms with van der Waals surface area (Å²) in [6, 6.07) is 0. The zero-order valence-corrected chi connectivity index (χ0v) is 7.65. The predicted octanol–water partition coefficient (Wildman–Crippen LogP) is 1.14. The van der Waals surface area contributed by atoms with Crippen molar-refractivity contribution in [3.8, 4) is 0 Å². The average molecular weight is 144 g/mol. The van der Waals surface area contributed by atoms with Crippen LogP contribution in [0.5, 0.6) is 0 Å². The minimum atomic E-state index is 0.806. The van der Waals surface area contributed by atoms with Crippen LogP contribution in [0.15, 0.2) is 0 Å². The van der Waals surface area contributed by atoms with Gasteiger partial charge in [-0.3, -0.25) is 4.90 Å². The first-order chi connectivity index (χ1) is 4.66. The lowest BCUT2D eigenvalue weighted by atomic mass is 10.1. The maximum absolute atomic E-state index is 3.36. The van der Waals surface area contributed by atoms with Gasteiger partial charge >= 0.3 is 0 Å². The van der Waals surface area contributed by atoms with Crippen molar-refractivity contribution in [2.45, 2.75) is 20.3 Å². The third-order valence-electron chi connectivity index (χ3n) is 1.62. The molecule has 0 saturated heterocycles. The number of nitrogens with one attached hydrogen (secondary N) is 1. The van der Waals surface area contributed by atoms with E-state index in [0.29, 0.717) is 0 Å². The third kappa shape index (κ3) is 6.05. The Kier molecular flexibility index (Phi) is 5.64. The second-order valence-corrected chi connectivity index (χ2v) is 3.21. The van der Waals surface area contributed by atoms with Crippen LogP contribution in [0.2, 0.25) is 0 Å². The summed E-state index contributed by atoms with van der Waals surface area (Å²) in [6.45, 7) is 6.61. The zero-order chi connectivity index (χ0) is 7.98. The standard InChI is InChI=1S/C8H20N2/c1-5-8(2)6-9-7-10(3)4/h8-9H,5-7H2,1-4H3. The monoisotopic (exact) mass is 144 g/mol. The van der Waals surface area contributed by atoms with Crippen molar-refractivity contribution in [2.75, 3.05) is 27.3 Å². The molecule has 0 bridgehead atoms. The summed E-state index contributed by atoms with van der Waals surface area (Å²) < 4.78 is 0. The van der Waals surface area contributed by atoms with E-state index in [4.69, 9.17) is 0 Å². The summed E-state index contributed by atoms with van der Waals surface area (Å²) in [6.07, 6.45) is 1.26. The number of hydrogen-bond acceptors (Lipinski definition) is 2. The maximum Gasteiger partial charge on any atom is 0.0474 e. The van der Waals surface area contributed by atoms with E-state index < -0.39 is 0 Å². The number of nitrogens with zero attached hydrogens (tertiary/aromatic N) is 1. The normalized spacial score (nSPS) is 14.1. The average Bonchev–Trinajstić information content (AvgIpc) is 1.87. The maximum atomic E-state index is 3.36. The molecular weight excluding hydrogens is 124 g/mol. The fourth-order valence-electron chi connectivity index (χ4n) is 0.679. The van der Waals surface area contributed by atoms with Gasteiger partial charge in [-0.05, 0) is 26.6 Å². The van der Waals surface area contributed by atoms with E-state index in [1.807, 2.05) is 0 Å². The molecule has 0 aliphatic carbocycles. The van der Waals surface area contributed by atoms with E-state index in [1.165, 1.54) is 6.42 Å². The highest BCUT2D eigenvalue weighted by molar-refractivity contribution is 4.52. The summed E-state index contributed by atoms with van der Waals surface area (Å²) in [5.41, 5.74) is 0. The Labute approximate surface area is 64.6 Å². The van der Waals surface area contributed by atoms with Gasteiger partial charge in [-0.1, -0.05) is 20.3 Å². The Morgan fingerprint density at radius 2 is 2.00 bits per heavy atom. The molecule has 0 aliphatic rings.